The van der Waals surface area contributed by atoms with E-state index in [-0.39, 0.29) is 24.9 Å². The van der Waals surface area contributed by atoms with Gasteiger partial charge in [0.05, 0.1) is 25.2 Å². The molecule has 0 aromatic carbocycles. The van der Waals surface area contributed by atoms with Crippen LogP contribution in [0, 0.1) is 0 Å². The largest absolute Gasteiger partial charge is 0.462 e. The summed E-state index contributed by atoms with van der Waals surface area (Å²) < 4.78 is 5.89. The second-order valence-corrected chi connectivity index (χ2v) is 16.2. The van der Waals surface area contributed by atoms with Gasteiger partial charge in [-0.3, -0.25) is 9.59 Å². The van der Waals surface area contributed by atoms with Crippen LogP contribution in [-0.4, -0.2) is 46.9 Å². The van der Waals surface area contributed by atoms with Crippen molar-refractivity contribution in [2.75, 3.05) is 6.61 Å². The molecular formula is C50H91NO5. The summed E-state index contributed by atoms with van der Waals surface area (Å²) in [7, 11) is 0. The minimum atomic E-state index is -0.795. The SMILES string of the molecule is CC/C=C/C=C/C=C\CCCCCC(CC(=O)NC(CO)C(O)CCCCCCCCCCCCC)OC(=O)CCCCCCCCC/C=C\CCCCCC. The standard InChI is InChI=1S/C50H91NO5/c1-4-7-10-13-16-19-22-23-24-25-28-31-34-37-40-43-50(55)56-46(41-38-35-32-29-26-20-17-14-11-8-5-2)44-49(54)51-47(45-52)48(53)42-39-36-33-30-27-21-18-15-12-9-6-3/h8,11,14,17,19-20,22,26,46-48,52-53H,4-7,9-10,12-13,15-16,18,21,23-25,27-45H2,1-3H3,(H,51,54)/b11-8+,17-14+,22-19-,26-20-. The van der Waals surface area contributed by atoms with E-state index in [1.165, 1.54) is 116 Å². The normalized spacial score (nSPS) is 13.7. The molecule has 1 amide bonds. The number of esters is 1. The molecule has 0 aliphatic rings. The van der Waals surface area contributed by atoms with Crippen molar-refractivity contribution in [1.82, 2.24) is 5.32 Å². The molecule has 0 heterocycles. The lowest BCUT2D eigenvalue weighted by atomic mass is 10.0. The van der Waals surface area contributed by atoms with Gasteiger partial charge in [0.1, 0.15) is 6.10 Å². The summed E-state index contributed by atoms with van der Waals surface area (Å²) in [5.41, 5.74) is 0. The highest BCUT2D eigenvalue weighted by molar-refractivity contribution is 5.77. The van der Waals surface area contributed by atoms with Gasteiger partial charge in [0, 0.05) is 6.42 Å². The van der Waals surface area contributed by atoms with Gasteiger partial charge in [-0.2, -0.15) is 0 Å². The maximum Gasteiger partial charge on any atom is 0.306 e. The monoisotopic (exact) mass is 786 g/mol. The number of allylic oxidation sites excluding steroid dienone is 8. The van der Waals surface area contributed by atoms with Crippen LogP contribution in [0.4, 0.5) is 0 Å². The minimum absolute atomic E-state index is 0.0530. The number of nitrogens with one attached hydrogen (secondary N) is 1. The van der Waals surface area contributed by atoms with Crippen LogP contribution < -0.4 is 5.32 Å². The fraction of sp³-hybridized carbons (Fsp3) is 0.800. The fourth-order valence-corrected chi connectivity index (χ4v) is 7.07. The van der Waals surface area contributed by atoms with Crippen LogP contribution in [0.5, 0.6) is 0 Å². The summed E-state index contributed by atoms with van der Waals surface area (Å²) >= 11 is 0. The van der Waals surface area contributed by atoms with Crippen molar-refractivity contribution in [2.24, 2.45) is 0 Å². The van der Waals surface area contributed by atoms with Crippen LogP contribution in [0.1, 0.15) is 233 Å². The van der Waals surface area contributed by atoms with Gasteiger partial charge in [0.15, 0.2) is 0 Å². The van der Waals surface area contributed by atoms with Crippen LogP contribution >= 0.6 is 0 Å². The van der Waals surface area contributed by atoms with Gasteiger partial charge in [-0.15, -0.1) is 0 Å². The molecule has 0 fully saturated rings. The molecule has 0 rings (SSSR count). The van der Waals surface area contributed by atoms with Gasteiger partial charge in [0.2, 0.25) is 5.91 Å². The first-order valence-electron chi connectivity index (χ1n) is 23.9. The molecule has 0 saturated carbocycles. The Morgan fingerprint density at radius 2 is 0.982 bits per heavy atom. The van der Waals surface area contributed by atoms with Crippen LogP contribution in [-0.2, 0) is 14.3 Å². The van der Waals surface area contributed by atoms with E-state index >= 15 is 0 Å². The van der Waals surface area contributed by atoms with E-state index < -0.39 is 18.2 Å². The van der Waals surface area contributed by atoms with E-state index in [4.69, 9.17) is 4.74 Å². The van der Waals surface area contributed by atoms with E-state index in [1.807, 2.05) is 12.2 Å². The molecule has 0 aromatic rings. The van der Waals surface area contributed by atoms with Gasteiger partial charge in [-0.1, -0.05) is 198 Å². The third-order valence-electron chi connectivity index (χ3n) is 10.7. The summed E-state index contributed by atoms with van der Waals surface area (Å²) in [6.45, 7) is 6.31. The summed E-state index contributed by atoms with van der Waals surface area (Å²) in [5, 5.41) is 23.6. The number of amides is 1. The lowest BCUT2D eigenvalue weighted by molar-refractivity contribution is -0.151. The number of carbonyl (C=O) groups is 2. The van der Waals surface area contributed by atoms with Gasteiger partial charge in [-0.25, -0.2) is 0 Å². The molecule has 3 N–H and O–H groups in total. The molecule has 0 aliphatic heterocycles. The average molecular weight is 786 g/mol. The van der Waals surface area contributed by atoms with Gasteiger partial charge >= 0.3 is 5.97 Å². The van der Waals surface area contributed by atoms with E-state index in [9.17, 15) is 19.8 Å². The third-order valence-corrected chi connectivity index (χ3v) is 10.7. The quantitative estimate of drug-likeness (QED) is 0.0248. The van der Waals surface area contributed by atoms with Crippen molar-refractivity contribution < 1.29 is 24.5 Å². The summed E-state index contributed by atoms with van der Waals surface area (Å²) in [5.74, 6) is -0.513. The molecule has 0 bridgehead atoms. The first kappa shape index (κ1) is 53.8. The number of unbranched alkanes of at least 4 members (excludes halogenated alkanes) is 24. The van der Waals surface area contributed by atoms with Crippen LogP contribution in [0.25, 0.3) is 0 Å². The van der Waals surface area contributed by atoms with E-state index in [2.05, 4.69) is 62.5 Å². The van der Waals surface area contributed by atoms with Crippen LogP contribution in [0.3, 0.4) is 0 Å². The fourth-order valence-electron chi connectivity index (χ4n) is 7.07. The molecule has 0 spiro atoms. The molecule has 56 heavy (non-hydrogen) atoms. The maximum atomic E-state index is 13.1. The Morgan fingerprint density at radius 3 is 1.54 bits per heavy atom. The number of carbonyl (C=O) groups excluding carboxylic acids is 2. The third kappa shape index (κ3) is 38.7. The van der Waals surface area contributed by atoms with Gasteiger partial charge in [-0.05, 0) is 70.6 Å². The molecule has 326 valence electrons. The van der Waals surface area contributed by atoms with Crippen LogP contribution in [0.15, 0.2) is 48.6 Å². The van der Waals surface area contributed by atoms with Crippen molar-refractivity contribution in [2.45, 2.75) is 251 Å². The molecule has 3 atom stereocenters. The smallest absolute Gasteiger partial charge is 0.306 e. The van der Waals surface area contributed by atoms with E-state index in [0.717, 1.165) is 70.6 Å². The second kappa shape index (κ2) is 43.9. The Kier molecular flexibility index (Phi) is 42.2. The molecule has 0 aliphatic carbocycles. The second-order valence-electron chi connectivity index (χ2n) is 16.2. The van der Waals surface area contributed by atoms with E-state index in [1.54, 1.807) is 0 Å². The molecule has 6 nitrogen and oxygen atoms in total. The number of hydrogen-bond acceptors (Lipinski definition) is 5. The minimum Gasteiger partial charge on any atom is -0.462 e. The zero-order valence-electron chi connectivity index (χ0n) is 37.0. The first-order valence-corrected chi connectivity index (χ1v) is 23.9. The first-order chi connectivity index (χ1) is 27.5. The van der Waals surface area contributed by atoms with Crippen molar-refractivity contribution in [3.8, 4) is 0 Å². The number of hydrogen-bond donors (Lipinski definition) is 3. The maximum absolute atomic E-state index is 13.1. The van der Waals surface area contributed by atoms with Crippen molar-refractivity contribution in [3.63, 3.8) is 0 Å². The van der Waals surface area contributed by atoms with Crippen molar-refractivity contribution in [1.29, 1.82) is 0 Å². The highest BCUT2D eigenvalue weighted by atomic mass is 16.5. The number of aliphatic hydroxyl groups excluding tert-OH is 2. The summed E-state index contributed by atoms with van der Waals surface area (Å²) in [6.07, 6.45) is 51.7. The van der Waals surface area contributed by atoms with Gasteiger partial charge < -0.3 is 20.3 Å². The topological polar surface area (TPSA) is 95.9 Å². The molecule has 0 saturated heterocycles. The highest BCUT2D eigenvalue weighted by Gasteiger charge is 2.24. The molecule has 0 radical (unpaired) electrons. The Labute approximate surface area is 346 Å². The lowest BCUT2D eigenvalue weighted by Crippen LogP contribution is -2.46. The Balaban J connectivity index is 4.59. The Hall–Kier alpha value is -2.18. The number of ether oxygens (including phenoxy) is 1. The Morgan fingerprint density at radius 1 is 0.536 bits per heavy atom. The molecule has 6 heteroatoms. The summed E-state index contributed by atoms with van der Waals surface area (Å²) in [6, 6.07) is -0.711. The predicted molar refractivity (Wildman–Crippen MR) is 241 cm³/mol. The van der Waals surface area contributed by atoms with Crippen molar-refractivity contribution in [3.05, 3.63) is 48.6 Å². The molecule has 0 aromatic heterocycles. The highest BCUT2D eigenvalue weighted by Crippen LogP contribution is 2.17. The number of rotatable bonds is 42. The predicted octanol–water partition coefficient (Wildman–Crippen LogP) is 13.9. The Bertz CT molecular complexity index is 972. The van der Waals surface area contributed by atoms with Crippen LogP contribution in [0.2, 0.25) is 0 Å². The number of aliphatic hydroxyl groups is 2. The summed E-state index contributed by atoms with van der Waals surface area (Å²) in [4.78, 5) is 26.0. The molecular weight excluding hydrogens is 695 g/mol. The van der Waals surface area contributed by atoms with E-state index in [0.29, 0.717) is 19.3 Å². The van der Waals surface area contributed by atoms with Gasteiger partial charge in [0.25, 0.3) is 0 Å². The lowest BCUT2D eigenvalue weighted by Gasteiger charge is -2.24. The van der Waals surface area contributed by atoms with Crippen molar-refractivity contribution >= 4 is 11.9 Å². The zero-order valence-corrected chi connectivity index (χ0v) is 37.0. The average Bonchev–Trinajstić information content (AvgIpc) is 3.19. The molecule has 3 unspecified atom stereocenters. The zero-order chi connectivity index (χ0) is 41.0.